The topological polar surface area (TPSA) is 20.3 Å². The van der Waals surface area contributed by atoms with Crippen LogP contribution in [0.25, 0.3) is 11.1 Å². The zero-order valence-corrected chi connectivity index (χ0v) is 15.6. The molecule has 0 aromatic heterocycles. The number of hydrogen-bond donors (Lipinski definition) is 0. The second kappa shape index (κ2) is 5.85. The number of carbonyl (C=O) groups is 1. The summed E-state index contributed by atoms with van der Waals surface area (Å²) in [5.74, 6) is 0.238. The van der Waals surface area contributed by atoms with E-state index in [1.54, 1.807) is 0 Å². The van der Waals surface area contributed by atoms with Crippen molar-refractivity contribution < 1.29 is 4.79 Å². The predicted octanol–water partition coefficient (Wildman–Crippen LogP) is 4.20. The van der Waals surface area contributed by atoms with Crippen molar-refractivity contribution in [2.45, 2.75) is 32.6 Å². The molecule has 4 heteroatoms. The van der Waals surface area contributed by atoms with E-state index >= 15 is 0 Å². The van der Waals surface area contributed by atoms with Gasteiger partial charge in [-0.05, 0) is 34.7 Å². The van der Waals surface area contributed by atoms with Crippen molar-refractivity contribution in [1.82, 2.24) is 4.23 Å². The van der Waals surface area contributed by atoms with Crippen LogP contribution in [0.4, 0.5) is 0 Å². The van der Waals surface area contributed by atoms with Crippen molar-refractivity contribution in [3.63, 3.8) is 0 Å². The Morgan fingerprint density at radius 1 is 0.909 bits per heavy atom. The van der Waals surface area contributed by atoms with Crippen molar-refractivity contribution in [2.24, 2.45) is 0 Å². The number of carbonyl (C=O) groups excluding carboxylic acids is 1. The normalized spacial score (nSPS) is 12.5. The Morgan fingerprint density at radius 3 is 2.23 bits per heavy atom. The molecular formula is C18H21NOSi2. The Morgan fingerprint density at radius 2 is 1.55 bits per heavy atom. The third-order valence-electron chi connectivity index (χ3n) is 4.18. The van der Waals surface area contributed by atoms with Crippen LogP contribution in [0.5, 0.6) is 0 Å². The molecule has 112 valence electrons. The summed E-state index contributed by atoms with van der Waals surface area (Å²) in [5, 5.41) is 0. The van der Waals surface area contributed by atoms with Gasteiger partial charge in [0.15, 0.2) is 17.9 Å². The lowest BCUT2D eigenvalue weighted by Crippen LogP contribution is -2.47. The van der Waals surface area contributed by atoms with Crippen LogP contribution in [0.2, 0.25) is 26.2 Å². The first-order valence-corrected chi connectivity index (χ1v) is 12.5. The highest BCUT2D eigenvalue weighted by Crippen LogP contribution is 2.38. The highest BCUT2D eigenvalue weighted by molar-refractivity contribution is 6.74. The van der Waals surface area contributed by atoms with Crippen LogP contribution in [0, 0.1) is 0 Å². The number of fused-ring (bicyclic) bond motifs is 3. The van der Waals surface area contributed by atoms with Crippen molar-refractivity contribution in [2.75, 3.05) is 0 Å². The zero-order valence-electron chi connectivity index (χ0n) is 13.6. The lowest BCUT2D eigenvalue weighted by Gasteiger charge is -2.30. The van der Waals surface area contributed by atoms with Crippen molar-refractivity contribution in [3.8, 4) is 11.1 Å². The van der Waals surface area contributed by atoms with Gasteiger partial charge in [-0.3, -0.25) is 4.79 Å². The summed E-state index contributed by atoms with van der Waals surface area (Å²) in [6.45, 7) is 8.83. The third-order valence-corrected chi connectivity index (χ3v) is 9.06. The summed E-state index contributed by atoms with van der Waals surface area (Å²) in [5.41, 5.74) is 5.98. The van der Waals surface area contributed by atoms with Crippen LogP contribution in [-0.2, 0) is 6.42 Å². The van der Waals surface area contributed by atoms with Crippen LogP contribution < -0.4 is 0 Å². The minimum absolute atomic E-state index is 0.238. The van der Waals surface area contributed by atoms with Gasteiger partial charge in [0.25, 0.3) is 0 Å². The molecule has 2 aromatic rings. The zero-order chi connectivity index (χ0) is 15.9. The van der Waals surface area contributed by atoms with E-state index in [9.17, 15) is 4.79 Å². The Hall–Kier alpha value is -1.66. The van der Waals surface area contributed by atoms with E-state index in [1.165, 1.54) is 22.3 Å². The van der Waals surface area contributed by atoms with Crippen molar-refractivity contribution in [1.29, 1.82) is 0 Å². The average molecular weight is 324 g/mol. The highest BCUT2D eigenvalue weighted by Gasteiger charge is 2.28. The van der Waals surface area contributed by atoms with E-state index in [1.807, 2.05) is 12.1 Å². The van der Waals surface area contributed by atoms with E-state index < -0.39 is 17.9 Å². The highest BCUT2D eigenvalue weighted by atomic mass is 28.3. The van der Waals surface area contributed by atoms with Gasteiger partial charge < -0.3 is 4.23 Å². The van der Waals surface area contributed by atoms with Gasteiger partial charge in [0.05, 0.1) is 0 Å². The van der Waals surface area contributed by atoms with Gasteiger partial charge in [0, 0.05) is 5.56 Å². The molecule has 0 saturated heterocycles. The second-order valence-corrected chi connectivity index (χ2v) is 11.3. The molecule has 2 nitrogen and oxygen atoms in total. The van der Waals surface area contributed by atoms with Crippen LogP contribution in [0.1, 0.15) is 21.5 Å². The van der Waals surface area contributed by atoms with Crippen LogP contribution in [0.15, 0.2) is 42.5 Å². The Labute approximate surface area is 136 Å². The number of benzene rings is 2. The van der Waals surface area contributed by atoms with Gasteiger partial charge in [0.2, 0.25) is 5.91 Å². The van der Waals surface area contributed by atoms with Crippen LogP contribution in [0.3, 0.4) is 0 Å². The molecule has 3 rings (SSSR count). The minimum atomic E-state index is -0.773. The first-order chi connectivity index (χ1) is 10.5. The average Bonchev–Trinajstić information content (AvgIpc) is 2.84. The molecule has 0 fully saturated rings. The van der Waals surface area contributed by atoms with Gasteiger partial charge >= 0.3 is 0 Å². The summed E-state index contributed by atoms with van der Waals surface area (Å²) in [6, 6.07) is 14.7. The van der Waals surface area contributed by atoms with E-state index in [-0.39, 0.29) is 5.91 Å². The molecule has 0 N–H and O–H groups in total. The maximum atomic E-state index is 13.1. The van der Waals surface area contributed by atoms with Crippen LogP contribution >= 0.6 is 0 Å². The monoisotopic (exact) mass is 323 g/mol. The summed E-state index contributed by atoms with van der Waals surface area (Å²) in [6.07, 6.45) is 0.881. The van der Waals surface area contributed by atoms with Gasteiger partial charge in [-0.25, -0.2) is 0 Å². The lowest BCUT2D eigenvalue weighted by molar-refractivity contribution is 0.0913. The standard InChI is InChI=1S/C18H21NOSi2/c1-21(2)19(22(3)4)18(20)16-11-7-10-15-14-9-6-5-8-13(14)12-17(15)16/h5-11H,12H2,1-4H3. The molecular weight excluding hydrogens is 302 g/mol. The quantitative estimate of drug-likeness (QED) is 0.661. The van der Waals surface area contributed by atoms with Crippen LogP contribution in [-0.4, -0.2) is 28.1 Å². The van der Waals surface area contributed by atoms with Crippen molar-refractivity contribution in [3.05, 3.63) is 59.2 Å². The maximum Gasteiger partial charge on any atom is 0.238 e. The molecule has 1 amide bonds. The molecule has 0 heterocycles. The van der Waals surface area contributed by atoms with Gasteiger partial charge in [0.1, 0.15) is 0 Å². The molecule has 0 spiro atoms. The van der Waals surface area contributed by atoms with Gasteiger partial charge in [-0.1, -0.05) is 62.6 Å². The molecule has 22 heavy (non-hydrogen) atoms. The smallest absolute Gasteiger partial charge is 0.238 e. The fourth-order valence-electron chi connectivity index (χ4n) is 3.33. The molecule has 0 bridgehead atoms. The SMILES string of the molecule is C[Si](C)N(C(=O)c1cccc2c1Cc1ccccc1-2)[Si](C)C. The number of amides is 1. The molecule has 0 unspecified atom stereocenters. The van der Waals surface area contributed by atoms with E-state index in [2.05, 4.69) is 60.8 Å². The fraction of sp³-hybridized carbons (Fsp3) is 0.278. The maximum absolute atomic E-state index is 13.1. The number of rotatable bonds is 3. The first kappa shape index (κ1) is 15.2. The largest absolute Gasteiger partial charge is 0.392 e. The van der Waals surface area contributed by atoms with E-state index in [0.717, 1.165) is 12.0 Å². The Balaban J connectivity index is 2.06. The molecule has 0 atom stereocenters. The molecule has 0 saturated carbocycles. The predicted molar refractivity (Wildman–Crippen MR) is 95.8 cm³/mol. The number of nitrogens with zero attached hydrogens (tertiary/aromatic N) is 1. The summed E-state index contributed by atoms with van der Waals surface area (Å²) >= 11 is 0. The first-order valence-electron chi connectivity index (χ1n) is 7.65. The van der Waals surface area contributed by atoms with Crippen molar-refractivity contribution >= 4 is 23.8 Å². The Kier molecular flexibility index (Phi) is 4.06. The molecule has 0 aliphatic heterocycles. The molecule has 2 radical (unpaired) electrons. The molecule has 1 aliphatic carbocycles. The summed E-state index contributed by atoms with van der Waals surface area (Å²) in [7, 11) is -1.55. The van der Waals surface area contributed by atoms with Gasteiger partial charge in [-0.15, -0.1) is 0 Å². The van der Waals surface area contributed by atoms with E-state index in [4.69, 9.17) is 0 Å². The fourth-order valence-corrected chi connectivity index (χ4v) is 7.96. The number of hydrogen-bond acceptors (Lipinski definition) is 1. The van der Waals surface area contributed by atoms with E-state index in [0.29, 0.717) is 0 Å². The Bertz CT molecular complexity index is 717. The summed E-state index contributed by atoms with van der Waals surface area (Å²) < 4.78 is 2.17. The second-order valence-electron chi connectivity index (χ2n) is 6.20. The summed E-state index contributed by atoms with van der Waals surface area (Å²) in [4.78, 5) is 13.1. The van der Waals surface area contributed by atoms with Gasteiger partial charge in [-0.2, -0.15) is 0 Å². The third kappa shape index (κ3) is 2.46. The lowest BCUT2D eigenvalue weighted by atomic mass is 10.0. The molecule has 1 aliphatic rings. The molecule has 2 aromatic carbocycles. The minimum Gasteiger partial charge on any atom is -0.392 e.